The number of piperazine rings is 1. The molecule has 0 spiro atoms. The highest BCUT2D eigenvalue weighted by Gasteiger charge is 2.32. The van der Waals surface area contributed by atoms with Crippen LogP contribution in [0.15, 0.2) is 33.6 Å². The van der Waals surface area contributed by atoms with Crippen molar-refractivity contribution in [1.82, 2.24) is 13.9 Å². The minimum absolute atomic E-state index is 0.0927. The van der Waals surface area contributed by atoms with Crippen molar-refractivity contribution < 1.29 is 21.6 Å². The molecular weight excluding hydrogens is 470 g/mol. The standard InChI is InChI=1S/C17H26BrN3O5S2/c18-15-3-5-17(6-4-15)28(24,25)21(14-16-2-1-12-26-16)11-13-27(22,23)20-9-7-19-8-10-20/h3-6,16,19H,1-2,7-14H2. The molecule has 0 aliphatic carbocycles. The zero-order chi connectivity index (χ0) is 20.2. The van der Waals surface area contributed by atoms with Crippen molar-refractivity contribution in [3.05, 3.63) is 28.7 Å². The molecule has 1 N–H and O–H groups in total. The molecule has 2 heterocycles. The molecule has 0 bridgehead atoms. The maximum atomic E-state index is 13.2. The molecule has 28 heavy (non-hydrogen) atoms. The van der Waals surface area contributed by atoms with Crippen molar-refractivity contribution >= 4 is 36.0 Å². The summed E-state index contributed by atoms with van der Waals surface area (Å²) in [5.74, 6) is -0.241. The Kier molecular flexibility index (Phi) is 7.51. The van der Waals surface area contributed by atoms with Gasteiger partial charge in [0, 0.05) is 50.3 Å². The second-order valence-electron chi connectivity index (χ2n) is 6.92. The molecule has 2 aliphatic rings. The van der Waals surface area contributed by atoms with Gasteiger partial charge in [-0.05, 0) is 37.1 Å². The van der Waals surface area contributed by atoms with Crippen LogP contribution in [0.4, 0.5) is 0 Å². The molecule has 1 aromatic carbocycles. The Morgan fingerprint density at radius 1 is 1.14 bits per heavy atom. The number of ether oxygens (including phenoxy) is 1. The lowest BCUT2D eigenvalue weighted by atomic mass is 10.2. The summed E-state index contributed by atoms with van der Waals surface area (Å²) in [5.41, 5.74) is 0. The normalized spacial score (nSPS) is 22.0. The van der Waals surface area contributed by atoms with Crippen molar-refractivity contribution in [2.45, 2.75) is 23.8 Å². The molecule has 158 valence electrons. The fourth-order valence-electron chi connectivity index (χ4n) is 3.35. The summed E-state index contributed by atoms with van der Waals surface area (Å²) in [6, 6.07) is 6.36. The molecular formula is C17H26BrN3O5S2. The van der Waals surface area contributed by atoms with E-state index in [0.29, 0.717) is 32.8 Å². The van der Waals surface area contributed by atoms with Crippen molar-refractivity contribution in [2.24, 2.45) is 0 Å². The molecule has 11 heteroatoms. The van der Waals surface area contributed by atoms with Crippen molar-refractivity contribution in [2.75, 3.05) is 51.6 Å². The quantitative estimate of drug-likeness (QED) is 0.574. The second kappa shape index (κ2) is 9.50. The van der Waals surface area contributed by atoms with Gasteiger partial charge in [-0.3, -0.25) is 0 Å². The van der Waals surface area contributed by atoms with E-state index in [1.54, 1.807) is 12.1 Å². The lowest BCUT2D eigenvalue weighted by Crippen LogP contribution is -2.49. The molecule has 1 aromatic rings. The molecule has 0 aromatic heterocycles. The van der Waals surface area contributed by atoms with Gasteiger partial charge < -0.3 is 10.1 Å². The van der Waals surface area contributed by atoms with Gasteiger partial charge in [0.05, 0.1) is 16.8 Å². The first kappa shape index (κ1) is 22.1. The highest BCUT2D eigenvalue weighted by atomic mass is 79.9. The van der Waals surface area contributed by atoms with Crippen LogP contribution in [0.1, 0.15) is 12.8 Å². The molecule has 0 radical (unpaired) electrons. The molecule has 1 unspecified atom stereocenters. The average molecular weight is 496 g/mol. The molecule has 2 fully saturated rings. The van der Waals surface area contributed by atoms with E-state index in [2.05, 4.69) is 21.2 Å². The van der Waals surface area contributed by atoms with E-state index in [0.717, 1.165) is 17.3 Å². The summed E-state index contributed by atoms with van der Waals surface area (Å²) in [6.07, 6.45) is 1.46. The molecule has 8 nitrogen and oxygen atoms in total. The molecule has 0 saturated carbocycles. The van der Waals surface area contributed by atoms with Crippen molar-refractivity contribution in [1.29, 1.82) is 0 Å². The van der Waals surface area contributed by atoms with E-state index in [4.69, 9.17) is 4.74 Å². The van der Waals surface area contributed by atoms with Crippen LogP contribution in [0.25, 0.3) is 0 Å². The first-order chi connectivity index (χ1) is 13.3. The SMILES string of the molecule is O=S(=O)(CCN(CC1CCCO1)S(=O)(=O)c1ccc(Br)cc1)N1CCNCC1. The third kappa shape index (κ3) is 5.53. The van der Waals surface area contributed by atoms with Gasteiger partial charge in [-0.25, -0.2) is 16.8 Å². The Labute approximate surface area is 175 Å². The van der Waals surface area contributed by atoms with Crippen LogP contribution < -0.4 is 5.32 Å². The maximum absolute atomic E-state index is 13.2. The Hall–Kier alpha value is -0.560. The van der Waals surface area contributed by atoms with Crippen LogP contribution in [0.3, 0.4) is 0 Å². The topological polar surface area (TPSA) is 96.0 Å². The molecule has 1 atom stereocenters. The van der Waals surface area contributed by atoms with Crippen LogP contribution >= 0.6 is 15.9 Å². The average Bonchev–Trinajstić information content (AvgIpc) is 3.19. The summed E-state index contributed by atoms with van der Waals surface area (Å²) in [4.78, 5) is 0.147. The van der Waals surface area contributed by atoms with E-state index < -0.39 is 20.0 Å². The highest BCUT2D eigenvalue weighted by molar-refractivity contribution is 9.10. The first-order valence-electron chi connectivity index (χ1n) is 9.35. The van der Waals surface area contributed by atoms with Gasteiger partial charge in [0.25, 0.3) is 0 Å². The van der Waals surface area contributed by atoms with E-state index in [1.165, 1.54) is 20.7 Å². The fraction of sp³-hybridized carbons (Fsp3) is 0.647. The van der Waals surface area contributed by atoms with Gasteiger partial charge in [0.2, 0.25) is 20.0 Å². The van der Waals surface area contributed by atoms with E-state index in [9.17, 15) is 16.8 Å². The largest absolute Gasteiger partial charge is 0.377 e. The number of hydrogen-bond acceptors (Lipinski definition) is 6. The summed E-state index contributed by atoms with van der Waals surface area (Å²) in [6.45, 7) is 2.71. The number of hydrogen-bond donors (Lipinski definition) is 1. The number of halogens is 1. The minimum atomic E-state index is -3.82. The number of nitrogens with zero attached hydrogens (tertiary/aromatic N) is 2. The Morgan fingerprint density at radius 2 is 1.82 bits per heavy atom. The fourth-order valence-corrected chi connectivity index (χ4v) is 6.65. The van der Waals surface area contributed by atoms with Crippen LogP contribution in [0, 0.1) is 0 Å². The van der Waals surface area contributed by atoms with Gasteiger partial charge >= 0.3 is 0 Å². The smallest absolute Gasteiger partial charge is 0.243 e. The first-order valence-corrected chi connectivity index (χ1v) is 13.2. The third-order valence-corrected chi connectivity index (χ3v) is 9.21. The van der Waals surface area contributed by atoms with Gasteiger partial charge in [-0.15, -0.1) is 0 Å². The summed E-state index contributed by atoms with van der Waals surface area (Å²) >= 11 is 3.30. The zero-order valence-corrected chi connectivity index (χ0v) is 18.8. The van der Waals surface area contributed by atoms with Gasteiger partial charge in [0.15, 0.2) is 0 Å². The van der Waals surface area contributed by atoms with Crippen LogP contribution in [0.2, 0.25) is 0 Å². The Balaban J connectivity index is 1.77. The Bertz CT molecular complexity index is 849. The number of rotatable bonds is 8. The van der Waals surface area contributed by atoms with Crippen molar-refractivity contribution in [3.8, 4) is 0 Å². The van der Waals surface area contributed by atoms with E-state index >= 15 is 0 Å². The molecule has 2 aliphatic heterocycles. The molecule has 2 saturated heterocycles. The Morgan fingerprint density at radius 3 is 2.43 bits per heavy atom. The zero-order valence-electron chi connectivity index (χ0n) is 15.6. The number of nitrogens with one attached hydrogen (secondary N) is 1. The van der Waals surface area contributed by atoms with Gasteiger partial charge in [0.1, 0.15) is 0 Å². The molecule has 0 amide bonds. The predicted octanol–water partition coefficient (Wildman–Crippen LogP) is 0.854. The van der Waals surface area contributed by atoms with E-state index in [-0.39, 0.29) is 29.8 Å². The number of sulfonamides is 2. The summed E-state index contributed by atoms with van der Waals surface area (Å²) in [5, 5.41) is 3.12. The van der Waals surface area contributed by atoms with Crippen LogP contribution in [0.5, 0.6) is 0 Å². The maximum Gasteiger partial charge on any atom is 0.243 e. The summed E-state index contributed by atoms with van der Waals surface area (Å²) in [7, 11) is -7.34. The predicted molar refractivity (Wildman–Crippen MR) is 110 cm³/mol. The monoisotopic (exact) mass is 495 g/mol. The van der Waals surface area contributed by atoms with Gasteiger partial charge in [-0.2, -0.15) is 8.61 Å². The van der Waals surface area contributed by atoms with Gasteiger partial charge in [-0.1, -0.05) is 15.9 Å². The number of benzene rings is 1. The van der Waals surface area contributed by atoms with E-state index in [1.807, 2.05) is 0 Å². The van der Waals surface area contributed by atoms with Crippen LogP contribution in [-0.2, 0) is 24.8 Å². The summed E-state index contributed by atoms with van der Waals surface area (Å²) < 4.78 is 60.7. The highest BCUT2D eigenvalue weighted by Crippen LogP contribution is 2.22. The molecule has 3 rings (SSSR count). The third-order valence-electron chi connectivity index (χ3n) is 4.95. The van der Waals surface area contributed by atoms with Crippen molar-refractivity contribution in [3.63, 3.8) is 0 Å². The lowest BCUT2D eigenvalue weighted by Gasteiger charge is -2.29. The lowest BCUT2D eigenvalue weighted by molar-refractivity contribution is 0.0947. The minimum Gasteiger partial charge on any atom is -0.377 e. The van der Waals surface area contributed by atoms with Crippen LogP contribution in [-0.4, -0.2) is 83.2 Å². The second-order valence-corrected chi connectivity index (χ2v) is 11.9.